The number of ether oxygens (including phenoxy) is 1. The summed E-state index contributed by atoms with van der Waals surface area (Å²) in [6.07, 6.45) is 0. The molecule has 1 aliphatic heterocycles. The summed E-state index contributed by atoms with van der Waals surface area (Å²) in [4.78, 5) is 21.6. The van der Waals surface area contributed by atoms with E-state index in [1.54, 1.807) is 11.3 Å². The van der Waals surface area contributed by atoms with Gasteiger partial charge >= 0.3 is 0 Å². The van der Waals surface area contributed by atoms with Gasteiger partial charge in [-0.2, -0.15) is 0 Å². The molecule has 158 valence electrons. The maximum atomic E-state index is 12.0. The van der Waals surface area contributed by atoms with E-state index in [0.29, 0.717) is 12.3 Å². The highest BCUT2D eigenvalue weighted by Crippen LogP contribution is 2.32. The van der Waals surface area contributed by atoms with Gasteiger partial charge in [0.2, 0.25) is 0 Å². The Morgan fingerprint density at radius 3 is 2.67 bits per heavy atom. The fraction of sp³-hybridized carbons (Fsp3) is 0.391. The molecule has 6 nitrogen and oxygen atoms in total. The number of aryl methyl sites for hydroxylation is 2. The molecule has 2 aromatic carbocycles. The largest absolute Gasteiger partial charge is 0.484 e. The fourth-order valence-electron chi connectivity index (χ4n) is 3.73. The molecule has 1 N–H and O–H groups in total. The first kappa shape index (κ1) is 20.6. The minimum absolute atomic E-state index is 0.0499. The van der Waals surface area contributed by atoms with Crippen LogP contribution in [-0.4, -0.2) is 61.7 Å². The molecule has 1 saturated heterocycles. The lowest BCUT2D eigenvalue weighted by Gasteiger charge is -2.34. The molecule has 0 bridgehead atoms. The highest BCUT2D eigenvalue weighted by molar-refractivity contribution is 7.22. The van der Waals surface area contributed by atoms with Crippen LogP contribution in [0.5, 0.6) is 5.75 Å². The van der Waals surface area contributed by atoms with Gasteiger partial charge in [0.25, 0.3) is 5.91 Å². The Kier molecular flexibility index (Phi) is 6.50. The topological polar surface area (TPSA) is 57.7 Å². The van der Waals surface area contributed by atoms with E-state index >= 15 is 0 Å². The molecule has 4 rings (SSSR count). The number of piperazine rings is 1. The third kappa shape index (κ3) is 5.09. The van der Waals surface area contributed by atoms with Crippen molar-refractivity contribution in [3.63, 3.8) is 0 Å². The SMILES string of the molecule is Cc1cc(C)c2nc(N3CCN(CCNC(=O)COc4ccccc4)CC3)sc2c1. The van der Waals surface area contributed by atoms with E-state index < -0.39 is 0 Å². The zero-order chi connectivity index (χ0) is 20.9. The van der Waals surface area contributed by atoms with Crippen molar-refractivity contribution in [2.24, 2.45) is 0 Å². The lowest BCUT2D eigenvalue weighted by Crippen LogP contribution is -2.48. The minimum atomic E-state index is -0.0855. The zero-order valence-electron chi connectivity index (χ0n) is 17.6. The van der Waals surface area contributed by atoms with E-state index in [9.17, 15) is 4.79 Å². The normalized spacial score (nSPS) is 14.8. The molecule has 1 aromatic heterocycles. The summed E-state index contributed by atoms with van der Waals surface area (Å²) < 4.78 is 6.74. The number of thiazole rings is 1. The summed E-state index contributed by atoms with van der Waals surface area (Å²) in [5.74, 6) is 0.626. The Morgan fingerprint density at radius 1 is 1.13 bits per heavy atom. The van der Waals surface area contributed by atoms with Crippen molar-refractivity contribution in [3.05, 3.63) is 53.6 Å². The van der Waals surface area contributed by atoms with Crippen LogP contribution in [0.2, 0.25) is 0 Å². The van der Waals surface area contributed by atoms with Crippen LogP contribution in [0, 0.1) is 13.8 Å². The maximum Gasteiger partial charge on any atom is 0.257 e. The maximum absolute atomic E-state index is 12.0. The van der Waals surface area contributed by atoms with Gasteiger partial charge in [-0.1, -0.05) is 35.6 Å². The number of carbonyl (C=O) groups is 1. The molecule has 1 amide bonds. The Hall–Kier alpha value is -2.64. The van der Waals surface area contributed by atoms with Crippen LogP contribution in [0.25, 0.3) is 10.2 Å². The molecular weight excluding hydrogens is 396 g/mol. The monoisotopic (exact) mass is 424 g/mol. The Morgan fingerprint density at radius 2 is 1.90 bits per heavy atom. The first-order valence-electron chi connectivity index (χ1n) is 10.4. The third-order valence-electron chi connectivity index (χ3n) is 5.32. The smallest absolute Gasteiger partial charge is 0.257 e. The average molecular weight is 425 g/mol. The molecule has 0 radical (unpaired) electrons. The van der Waals surface area contributed by atoms with Crippen molar-refractivity contribution in [1.82, 2.24) is 15.2 Å². The number of fused-ring (bicyclic) bond motifs is 1. The standard InChI is InChI=1S/C23H28N4O2S/c1-17-14-18(2)22-20(15-17)30-23(25-22)27-12-10-26(11-13-27)9-8-24-21(28)16-29-19-6-4-3-5-7-19/h3-7,14-15H,8-13,16H2,1-2H3,(H,24,28). The van der Waals surface area contributed by atoms with Gasteiger partial charge in [0.1, 0.15) is 5.75 Å². The Labute approximate surface area is 181 Å². The fourth-order valence-corrected chi connectivity index (χ4v) is 4.92. The average Bonchev–Trinajstić information content (AvgIpc) is 3.18. The van der Waals surface area contributed by atoms with Crippen LogP contribution >= 0.6 is 11.3 Å². The summed E-state index contributed by atoms with van der Waals surface area (Å²) in [5, 5.41) is 4.06. The van der Waals surface area contributed by atoms with Crippen LogP contribution in [0.3, 0.4) is 0 Å². The van der Waals surface area contributed by atoms with E-state index in [2.05, 4.69) is 41.1 Å². The predicted octanol–water partition coefficient (Wildman–Crippen LogP) is 3.23. The molecule has 0 saturated carbocycles. The second-order valence-corrected chi connectivity index (χ2v) is 8.71. The van der Waals surface area contributed by atoms with E-state index in [4.69, 9.17) is 9.72 Å². The first-order chi connectivity index (χ1) is 14.6. The van der Waals surface area contributed by atoms with Gasteiger partial charge in [0.15, 0.2) is 11.7 Å². The molecule has 0 spiro atoms. The van der Waals surface area contributed by atoms with Crippen LogP contribution in [0.15, 0.2) is 42.5 Å². The van der Waals surface area contributed by atoms with E-state index in [-0.39, 0.29) is 12.5 Å². The lowest BCUT2D eigenvalue weighted by atomic mass is 10.1. The molecule has 1 fully saturated rings. The number of carbonyl (C=O) groups excluding carboxylic acids is 1. The number of hydrogen-bond acceptors (Lipinski definition) is 6. The zero-order valence-corrected chi connectivity index (χ0v) is 18.4. The van der Waals surface area contributed by atoms with Crippen LogP contribution in [0.1, 0.15) is 11.1 Å². The van der Waals surface area contributed by atoms with Crippen molar-refractivity contribution in [1.29, 1.82) is 0 Å². The summed E-state index contributed by atoms with van der Waals surface area (Å²) >= 11 is 1.78. The van der Waals surface area contributed by atoms with Gasteiger partial charge in [-0.25, -0.2) is 4.98 Å². The van der Waals surface area contributed by atoms with E-state index in [1.807, 2.05) is 30.3 Å². The Bertz CT molecular complexity index is 997. The third-order valence-corrected chi connectivity index (χ3v) is 6.39. The lowest BCUT2D eigenvalue weighted by molar-refractivity contribution is -0.123. The van der Waals surface area contributed by atoms with Gasteiger partial charge in [0.05, 0.1) is 10.2 Å². The van der Waals surface area contributed by atoms with Crippen LogP contribution < -0.4 is 15.0 Å². The Balaban J connectivity index is 1.19. The summed E-state index contributed by atoms with van der Waals surface area (Å²) in [7, 11) is 0. The predicted molar refractivity (Wildman–Crippen MR) is 123 cm³/mol. The summed E-state index contributed by atoms with van der Waals surface area (Å²) in [6, 6.07) is 13.8. The second kappa shape index (κ2) is 9.45. The number of aromatic nitrogens is 1. The number of rotatable bonds is 7. The van der Waals surface area contributed by atoms with E-state index in [0.717, 1.165) is 43.4 Å². The molecular formula is C23H28N4O2S. The molecule has 3 aromatic rings. The number of hydrogen-bond donors (Lipinski definition) is 1. The van der Waals surface area contributed by atoms with E-state index in [1.165, 1.54) is 15.8 Å². The quantitative estimate of drug-likeness (QED) is 0.631. The molecule has 0 aliphatic carbocycles. The van der Waals surface area contributed by atoms with Crippen molar-refractivity contribution < 1.29 is 9.53 Å². The van der Waals surface area contributed by atoms with Crippen molar-refractivity contribution in [2.75, 3.05) is 50.8 Å². The minimum Gasteiger partial charge on any atom is -0.484 e. The molecule has 1 aliphatic rings. The highest BCUT2D eigenvalue weighted by atomic mass is 32.1. The first-order valence-corrected chi connectivity index (χ1v) is 11.2. The van der Waals surface area contributed by atoms with Crippen molar-refractivity contribution in [2.45, 2.75) is 13.8 Å². The van der Waals surface area contributed by atoms with Crippen molar-refractivity contribution >= 4 is 32.6 Å². The summed E-state index contributed by atoms with van der Waals surface area (Å²) in [6.45, 7) is 9.68. The van der Waals surface area contributed by atoms with Gasteiger partial charge in [-0.15, -0.1) is 0 Å². The highest BCUT2D eigenvalue weighted by Gasteiger charge is 2.20. The molecule has 2 heterocycles. The summed E-state index contributed by atoms with van der Waals surface area (Å²) in [5.41, 5.74) is 3.66. The van der Waals surface area contributed by atoms with Gasteiger partial charge in [0, 0.05) is 39.3 Å². The number of amides is 1. The number of anilines is 1. The van der Waals surface area contributed by atoms with Crippen LogP contribution in [-0.2, 0) is 4.79 Å². The van der Waals surface area contributed by atoms with Crippen molar-refractivity contribution in [3.8, 4) is 5.75 Å². The van der Waals surface area contributed by atoms with Gasteiger partial charge in [-0.05, 0) is 43.2 Å². The number of nitrogens with one attached hydrogen (secondary N) is 1. The second-order valence-electron chi connectivity index (χ2n) is 7.71. The molecule has 30 heavy (non-hydrogen) atoms. The van der Waals surface area contributed by atoms with Crippen LogP contribution in [0.4, 0.5) is 5.13 Å². The molecule has 0 atom stereocenters. The molecule has 7 heteroatoms. The number of para-hydroxylation sites is 1. The van der Waals surface area contributed by atoms with Gasteiger partial charge < -0.3 is 15.0 Å². The molecule has 0 unspecified atom stereocenters. The number of benzene rings is 2. The number of nitrogens with zero attached hydrogens (tertiary/aromatic N) is 3. The van der Waals surface area contributed by atoms with Gasteiger partial charge in [-0.3, -0.25) is 9.69 Å².